The van der Waals surface area contributed by atoms with E-state index in [1.165, 1.54) is 19.3 Å². The Balaban J connectivity index is 1.93. The van der Waals surface area contributed by atoms with Gasteiger partial charge < -0.3 is 10.1 Å². The van der Waals surface area contributed by atoms with E-state index in [-0.39, 0.29) is 12.0 Å². The number of rotatable bonds is 2. The maximum absolute atomic E-state index is 11.4. The lowest BCUT2D eigenvalue weighted by atomic mass is 10.0. The summed E-state index contributed by atoms with van der Waals surface area (Å²) in [5.74, 6) is 0.499. The van der Waals surface area contributed by atoms with E-state index < -0.39 is 0 Å². The molecule has 1 saturated heterocycles. The maximum atomic E-state index is 11.4. The van der Waals surface area contributed by atoms with Crippen LogP contribution in [0.3, 0.4) is 0 Å². The van der Waals surface area contributed by atoms with Crippen molar-refractivity contribution in [1.29, 1.82) is 0 Å². The van der Waals surface area contributed by atoms with Crippen LogP contribution in [0.2, 0.25) is 0 Å². The highest BCUT2D eigenvalue weighted by Crippen LogP contribution is 2.35. The van der Waals surface area contributed by atoms with Gasteiger partial charge in [0, 0.05) is 6.04 Å². The molecule has 2 fully saturated rings. The van der Waals surface area contributed by atoms with Crippen LogP contribution in [0.25, 0.3) is 0 Å². The van der Waals surface area contributed by atoms with Gasteiger partial charge in [0.2, 0.25) is 0 Å². The average molecular weight is 169 g/mol. The molecule has 1 N–H and O–H groups in total. The highest BCUT2D eigenvalue weighted by molar-refractivity contribution is 5.76. The van der Waals surface area contributed by atoms with Crippen molar-refractivity contribution < 1.29 is 9.53 Å². The van der Waals surface area contributed by atoms with Gasteiger partial charge in [0.15, 0.2) is 0 Å². The molecule has 3 atom stereocenters. The summed E-state index contributed by atoms with van der Waals surface area (Å²) in [6, 6.07) is 0.591. The number of hydrogen-bond donors (Lipinski definition) is 1. The molecule has 12 heavy (non-hydrogen) atoms. The van der Waals surface area contributed by atoms with Gasteiger partial charge in [0.25, 0.3) is 0 Å². The smallest absolute Gasteiger partial charge is 0.323 e. The lowest BCUT2D eigenvalue weighted by Crippen LogP contribution is -2.42. The summed E-state index contributed by atoms with van der Waals surface area (Å²) >= 11 is 0. The zero-order chi connectivity index (χ0) is 8.55. The zero-order valence-electron chi connectivity index (χ0n) is 7.38. The van der Waals surface area contributed by atoms with E-state index in [9.17, 15) is 4.79 Å². The minimum Gasteiger partial charge on any atom is -0.465 e. The number of esters is 1. The van der Waals surface area contributed by atoms with Crippen molar-refractivity contribution in [3.05, 3.63) is 0 Å². The van der Waals surface area contributed by atoms with E-state index in [2.05, 4.69) is 5.32 Å². The van der Waals surface area contributed by atoms with E-state index in [4.69, 9.17) is 4.74 Å². The van der Waals surface area contributed by atoms with Crippen molar-refractivity contribution in [2.24, 2.45) is 5.92 Å². The van der Waals surface area contributed by atoms with Crippen molar-refractivity contribution in [2.45, 2.75) is 38.3 Å². The fraction of sp³-hybridized carbons (Fsp3) is 0.889. The minimum atomic E-state index is -0.0512. The van der Waals surface area contributed by atoms with Gasteiger partial charge in [-0.25, -0.2) is 0 Å². The summed E-state index contributed by atoms with van der Waals surface area (Å²) in [6.45, 7) is 2.35. The molecule has 0 aromatic heterocycles. The molecule has 0 spiro atoms. The number of ether oxygens (including phenoxy) is 1. The average Bonchev–Trinajstić information content (AvgIpc) is 2.64. The molecule has 2 bridgehead atoms. The van der Waals surface area contributed by atoms with Crippen molar-refractivity contribution in [2.75, 3.05) is 6.61 Å². The van der Waals surface area contributed by atoms with Crippen molar-refractivity contribution >= 4 is 5.97 Å². The van der Waals surface area contributed by atoms with Gasteiger partial charge in [-0.05, 0) is 32.1 Å². The third kappa shape index (κ3) is 1.22. The summed E-state index contributed by atoms with van der Waals surface area (Å²) in [7, 11) is 0. The molecule has 3 heteroatoms. The van der Waals surface area contributed by atoms with Gasteiger partial charge >= 0.3 is 5.97 Å². The zero-order valence-corrected chi connectivity index (χ0v) is 7.38. The molecule has 1 aliphatic carbocycles. The summed E-state index contributed by atoms with van der Waals surface area (Å²) < 4.78 is 4.98. The molecule has 68 valence electrons. The third-order valence-electron chi connectivity index (χ3n) is 2.90. The van der Waals surface area contributed by atoms with Crippen molar-refractivity contribution in [3.63, 3.8) is 0 Å². The molecule has 0 aromatic rings. The molecular weight excluding hydrogens is 154 g/mol. The molecule has 2 rings (SSSR count). The monoisotopic (exact) mass is 169 g/mol. The maximum Gasteiger partial charge on any atom is 0.323 e. The van der Waals surface area contributed by atoms with Crippen LogP contribution in [-0.2, 0) is 9.53 Å². The van der Waals surface area contributed by atoms with Gasteiger partial charge in [-0.1, -0.05) is 0 Å². The summed E-state index contributed by atoms with van der Waals surface area (Å²) in [4.78, 5) is 11.4. The lowest BCUT2D eigenvalue weighted by Gasteiger charge is -2.20. The Labute approximate surface area is 72.5 Å². The van der Waals surface area contributed by atoms with Crippen LogP contribution >= 0.6 is 0 Å². The van der Waals surface area contributed by atoms with Crippen LogP contribution in [0.1, 0.15) is 26.2 Å². The fourth-order valence-electron chi connectivity index (χ4n) is 2.35. The molecule has 0 aromatic carbocycles. The van der Waals surface area contributed by atoms with Gasteiger partial charge in [0.05, 0.1) is 6.61 Å². The van der Waals surface area contributed by atoms with E-state index in [0.717, 1.165) is 0 Å². The van der Waals surface area contributed by atoms with Gasteiger partial charge in [0.1, 0.15) is 6.04 Å². The largest absolute Gasteiger partial charge is 0.465 e. The van der Waals surface area contributed by atoms with Gasteiger partial charge in [-0.2, -0.15) is 0 Å². The van der Waals surface area contributed by atoms with Crippen LogP contribution in [0.4, 0.5) is 0 Å². The predicted molar refractivity (Wildman–Crippen MR) is 44.7 cm³/mol. The first-order chi connectivity index (χ1) is 5.81. The van der Waals surface area contributed by atoms with Gasteiger partial charge in [-0.3, -0.25) is 4.79 Å². The predicted octanol–water partition coefficient (Wildman–Crippen LogP) is 0.690. The molecule has 2 aliphatic rings. The topological polar surface area (TPSA) is 38.3 Å². The first kappa shape index (κ1) is 8.05. The quantitative estimate of drug-likeness (QED) is 0.618. The highest BCUT2D eigenvalue weighted by atomic mass is 16.5. The molecule has 3 nitrogen and oxygen atoms in total. The first-order valence-electron chi connectivity index (χ1n) is 4.74. The van der Waals surface area contributed by atoms with Crippen LogP contribution in [-0.4, -0.2) is 24.7 Å². The molecule has 1 heterocycles. The number of carbonyl (C=O) groups is 1. The molecule has 0 amide bonds. The summed E-state index contributed by atoms with van der Waals surface area (Å²) in [6.07, 6.45) is 3.60. The molecule has 1 saturated carbocycles. The Morgan fingerprint density at radius 2 is 2.42 bits per heavy atom. The van der Waals surface area contributed by atoms with Crippen LogP contribution in [0, 0.1) is 5.92 Å². The van der Waals surface area contributed by atoms with Crippen molar-refractivity contribution in [3.8, 4) is 0 Å². The Kier molecular flexibility index (Phi) is 2.05. The molecular formula is C9H15NO2. The summed E-state index contributed by atoms with van der Waals surface area (Å²) in [5.41, 5.74) is 0. The van der Waals surface area contributed by atoms with Crippen LogP contribution in [0.15, 0.2) is 0 Å². The molecule has 1 aliphatic heterocycles. The summed E-state index contributed by atoms with van der Waals surface area (Å²) in [5, 5.41) is 3.30. The second-order valence-corrected chi connectivity index (χ2v) is 3.67. The van der Waals surface area contributed by atoms with Crippen molar-refractivity contribution in [1.82, 2.24) is 5.32 Å². The fourth-order valence-corrected chi connectivity index (χ4v) is 2.35. The van der Waals surface area contributed by atoms with E-state index in [0.29, 0.717) is 18.6 Å². The number of carbonyl (C=O) groups excluding carboxylic acids is 1. The number of piperidine rings is 1. The Hall–Kier alpha value is -0.570. The number of fused-ring (bicyclic) bond motifs is 2. The van der Waals surface area contributed by atoms with Crippen LogP contribution < -0.4 is 5.32 Å². The molecule has 0 unspecified atom stereocenters. The SMILES string of the molecule is CCOC(=O)[C@H]1N[C@H]2CC[C@H]1C2. The Morgan fingerprint density at radius 1 is 1.58 bits per heavy atom. The van der Waals surface area contributed by atoms with Crippen LogP contribution in [0.5, 0.6) is 0 Å². The molecule has 0 radical (unpaired) electrons. The van der Waals surface area contributed by atoms with E-state index in [1.807, 2.05) is 6.92 Å². The Morgan fingerprint density at radius 3 is 2.92 bits per heavy atom. The highest BCUT2D eigenvalue weighted by Gasteiger charge is 2.43. The van der Waals surface area contributed by atoms with E-state index >= 15 is 0 Å². The standard InChI is InChI=1S/C9H15NO2/c1-2-12-9(11)8-6-3-4-7(5-6)10-8/h6-8,10H,2-5H2,1H3/t6-,7-,8-/m0/s1. The lowest BCUT2D eigenvalue weighted by molar-refractivity contribution is -0.146. The number of nitrogens with one attached hydrogen (secondary N) is 1. The van der Waals surface area contributed by atoms with Gasteiger partial charge in [-0.15, -0.1) is 0 Å². The van der Waals surface area contributed by atoms with E-state index in [1.54, 1.807) is 0 Å². The second kappa shape index (κ2) is 3.05. The Bertz CT molecular complexity index is 193. The minimum absolute atomic E-state index is 0.00343. The third-order valence-corrected chi connectivity index (χ3v) is 2.90. The normalized spacial score (nSPS) is 38.6. The first-order valence-corrected chi connectivity index (χ1v) is 4.74. The number of hydrogen-bond acceptors (Lipinski definition) is 3. The second-order valence-electron chi connectivity index (χ2n) is 3.67.